The molecule has 2 aliphatic rings. The third-order valence-electron chi connectivity index (χ3n) is 3.53. The van der Waals surface area contributed by atoms with Gasteiger partial charge in [-0.2, -0.15) is 0 Å². The van der Waals surface area contributed by atoms with Crippen molar-refractivity contribution in [2.24, 2.45) is 5.92 Å². The Labute approximate surface area is 107 Å². The number of halogens is 1. The summed E-state index contributed by atoms with van der Waals surface area (Å²) < 4.78 is 0. The van der Waals surface area contributed by atoms with Crippen molar-refractivity contribution in [2.45, 2.75) is 12.8 Å². The molecule has 0 spiro atoms. The van der Waals surface area contributed by atoms with Crippen molar-refractivity contribution < 1.29 is 0 Å². The highest BCUT2D eigenvalue weighted by Gasteiger charge is 2.26. The van der Waals surface area contributed by atoms with Gasteiger partial charge in [0.1, 0.15) is 17.3 Å². The number of anilines is 1. The van der Waals surface area contributed by atoms with Crippen LogP contribution in [0.2, 0.25) is 5.15 Å². The topological polar surface area (TPSA) is 32.3 Å². The Hall–Kier alpha value is -0.870. The summed E-state index contributed by atoms with van der Waals surface area (Å²) in [5, 5.41) is 0.524. The van der Waals surface area contributed by atoms with Crippen LogP contribution in [-0.4, -0.2) is 47.6 Å². The molecule has 2 fully saturated rings. The monoisotopic (exact) mass is 252 g/mol. The number of aromatic nitrogens is 2. The Balaban J connectivity index is 1.56. The second-order valence-electron chi connectivity index (χ2n) is 4.93. The number of hydrogen-bond donors (Lipinski definition) is 0. The van der Waals surface area contributed by atoms with Crippen molar-refractivity contribution in [1.82, 2.24) is 14.9 Å². The fourth-order valence-corrected chi connectivity index (χ4v) is 2.46. The minimum absolute atomic E-state index is 0.524. The van der Waals surface area contributed by atoms with E-state index in [9.17, 15) is 0 Å². The van der Waals surface area contributed by atoms with Gasteiger partial charge >= 0.3 is 0 Å². The predicted octanol–water partition coefficient (Wildman–Crippen LogP) is 1.66. The summed E-state index contributed by atoms with van der Waals surface area (Å²) in [6.07, 6.45) is 4.40. The highest BCUT2D eigenvalue weighted by molar-refractivity contribution is 6.29. The third kappa shape index (κ3) is 2.87. The Kier molecular flexibility index (Phi) is 3.16. The molecular weight excluding hydrogens is 236 g/mol. The lowest BCUT2D eigenvalue weighted by Crippen LogP contribution is -2.47. The zero-order chi connectivity index (χ0) is 11.7. The number of piperazine rings is 1. The van der Waals surface area contributed by atoms with Crippen LogP contribution in [0.5, 0.6) is 0 Å². The molecule has 0 N–H and O–H groups in total. The van der Waals surface area contributed by atoms with Crippen LogP contribution < -0.4 is 4.90 Å². The summed E-state index contributed by atoms with van der Waals surface area (Å²) in [5.74, 6) is 1.94. The van der Waals surface area contributed by atoms with E-state index >= 15 is 0 Å². The smallest absolute Gasteiger partial charge is 0.134 e. The SMILES string of the molecule is Clc1cc(N2CCN(CC3CC3)CC2)ncn1. The van der Waals surface area contributed by atoms with Gasteiger partial charge in [0, 0.05) is 38.8 Å². The first-order valence-electron chi connectivity index (χ1n) is 6.26. The summed E-state index contributed by atoms with van der Waals surface area (Å²) in [6, 6.07) is 1.85. The van der Waals surface area contributed by atoms with Crippen molar-refractivity contribution in [3.05, 3.63) is 17.5 Å². The van der Waals surface area contributed by atoms with Gasteiger partial charge in [-0.1, -0.05) is 11.6 Å². The van der Waals surface area contributed by atoms with Gasteiger partial charge in [-0.25, -0.2) is 9.97 Å². The molecule has 0 atom stereocenters. The molecule has 3 rings (SSSR count). The number of rotatable bonds is 3. The lowest BCUT2D eigenvalue weighted by atomic mass is 10.3. The van der Waals surface area contributed by atoms with E-state index < -0.39 is 0 Å². The molecular formula is C12H17ClN4. The third-order valence-corrected chi connectivity index (χ3v) is 3.74. The summed E-state index contributed by atoms with van der Waals surface area (Å²) >= 11 is 5.88. The Morgan fingerprint density at radius 3 is 2.59 bits per heavy atom. The van der Waals surface area contributed by atoms with E-state index in [1.165, 1.54) is 25.7 Å². The largest absolute Gasteiger partial charge is 0.354 e. The van der Waals surface area contributed by atoms with Gasteiger partial charge in [-0.3, -0.25) is 4.90 Å². The molecule has 0 unspecified atom stereocenters. The van der Waals surface area contributed by atoms with Crippen LogP contribution >= 0.6 is 11.6 Å². The molecule has 1 aliphatic heterocycles. The van der Waals surface area contributed by atoms with Crippen LogP contribution in [0.1, 0.15) is 12.8 Å². The van der Waals surface area contributed by atoms with Crippen molar-refractivity contribution in [3.63, 3.8) is 0 Å². The van der Waals surface area contributed by atoms with E-state index in [1.54, 1.807) is 0 Å². The molecule has 1 aliphatic carbocycles. The van der Waals surface area contributed by atoms with Gasteiger partial charge in [-0.15, -0.1) is 0 Å². The molecule has 0 amide bonds. The molecule has 1 saturated heterocycles. The molecule has 4 nitrogen and oxygen atoms in total. The van der Waals surface area contributed by atoms with Crippen LogP contribution in [0.4, 0.5) is 5.82 Å². The zero-order valence-electron chi connectivity index (χ0n) is 9.85. The van der Waals surface area contributed by atoms with Crippen molar-refractivity contribution in [3.8, 4) is 0 Å². The van der Waals surface area contributed by atoms with Gasteiger partial charge < -0.3 is 4.90 Å². The zero-order valence-corrected chi connectivity index (χ0v) is 10.6. The van der Waals surface area contributed by atoms with Crippen molar-refractivity contribution in [2.75, 3.05) is 37.6 Å². The number of nitrogens with zero attached hydrogens (tertiary/aromatic N) is 4. The van der Waals surface area contributed by atoms with Crippen LogP contribution in [-0.2, 0) is 0 Å². The summed E-state index contributed by atoms with van der Waals surface area (Å²) in [4.78, 5) is 13.0. The molecule has 1 saturated carbocycles. The van der Waals surface area contributed by atoms with Crippen LogP contribution in [0.25, 0.3) is 0 Å². The average molecular weight is 253 g/mol. The van der Waals surface area contributed by atoms with Crippen molar-refractivity contribution in [1.29, 1.82) is 0 Å². The van der Waals surface area contributed by atoms with E-state index in [0.717, 1.165) is 37.9 Å². The van der Waals surface area contributed by atoms with Crippen LogP contribution in [0.15, 0.2) is 12.4 Å². The van der Waals surface area contributed by atoms with Gasteiger partial charge in [0.05, 0.1) is 0 Å². The van der Waals surface area contributed by atoms with E-state index in [-0.39, 0.29) is 0 Å². The Bertz CT molecular complexity index is 386. The molecule has 0 aromatic carbocycles. The summed E-state index contributed by atoms with van der Waals surface area (Å²) in [6.45, 7) is 5.65. The maximum atomic E-state index is 5.88. The predicted molar refractivity (Wildman–Crippen MR) is 68.4 cm³/mol. The highest BCUT2D eigenvalue weighted by atomic mass is 35.5. The first-order chi connectivity index (χ1) is 8.31. The standard InChI is InChI=1S/C12H17ClN4/c13-11-7-12(15-9-14-11)17-5-3-16(4-6-17)8-10-1-2-10/h7,9-10H,1-6,8H2. The van der Waals surface area contributed by atoms with Gasteiger partial charge in [0.2, 0.25) is 0 Å². The molecule has 1 aromatic rings. The van der Waals surface area contributed by atoms with Crippen LogP contribution in [0, 0.1) is 5.92 Å². The summed E-state index contributed by atoms with van der Waals surface area (Å²) in [7, 11) is 0. The van der Waals surface area contributed by atoms with Crippen LogP contribution in [0.3, 0.4) is 0 Å². The molecule has 1 aromatic heterocycles. The van der Waals surface area contributed by atoms with E-state index in [4.69, 9.17) is 11.6 Å². The first kappa shape index (κ1) is 11.2. The first-order valence-corrected chi connectivity index (χ1v) is 6.64. The lowest BCUT2D eigenvalue weighted by Gasteiger charge is -2.35. The lowest BCUT2D eigenvalue weighted by molar-refractivity contribution is 0.247. The highest BCUT2D eigenvalue weighted by Crippen LogP contribution is 2.30. The number of hydrogen-bond acceptors (Lipinski definition) is 4. The molecule has 0 bridgehead atoms. The maximum Gasteiger partial charge on any atom is 0.134 e. The molecule has 2 heterocycles. The van der Waals surface area contributed by atoms with Gasteiger partial charge in [-0.05, 0) is 18.8 Å². The van der Waals surface area contributed by atoms with E-state index in [1.807, 2.05) is 6.07 Å². The minimum atomic E-state index is 0.524. The van der Waals surface area contributed by atoms with Gasteiger partial charge in [0.25, 0.3) is 0 Å². The van der Waals surface area contributed by atoms with E-state index in [2.05, 4.69) is 19.8 Å². The second-order valence-corrected chi connectivity index (χ2v) is 5.32. The second kappa shape index (κ2) is 4.78. The minimum Gasteiger partial charge on any atom is -0.354 e. The Morgan fingerprint density at radius 1 is 1.18 bits per heavy atom. The molecule has 5 heteroatoms. The van der Waals surface area contributed by atoms with Crippen molar-refractivity contribution >= 4 is 17.4 Å². The fourth-order valence-electron chi connectivity index (χ4n) is 2.32. The maximum absolute atomic E-state index is 5.88. The fraction of sp³-hybridized carbons (Fsp3) is 0.667. The molecule has 92 valence electrons. The Morgan fingerprint density at radius 2 is 1.94 bits per heavy atom. The average Bonchev–Trinajstić information content (AvgIpc) is 3.14. The molecule has 0 radical (unpaired) electrons. The normalized spacial score (nSPS) is 21.8. The van der Waals surface area contributed by atoms with E-state index in [0.29, 0.717) is 5.15 Å². The van der Waals surface area contributed by atoms with Gasteiger partial charge in [0.15, 0.2) is 0 Å². The summed E-state index contributed by atoms with van der Waals surface area (Å²) in [5.41, 5.74) is 0. The quantitative estimate of drug-likeness (QED) is 0.766. The molecule has 17 heavy (non-hydrogen) atoms.